The smallest absolute Gasteiger partial charge is 0.350 e. The molecular formula is C24H22N4O2. The van der Waals surface area contributed by atoms with E-state index in [9.17, 15) is 9.59 Å². The van der Waals surface area contributed by atoms with Gasteiger partial charge in [0.1, 0.15) is 12.4 Å². The van der Waals surface area contributed by atoms with Crippen LogP contribution in [0.2, 0.25) is 0 Å². The summed E-state index contributed by atoms with van der Waals surface area (Å²) in [5.41, 5.74) is 2.14. The number of aromatic nitrogens is 2. The first-order chi connectivity index (χ1) is 14.6. The third-order valence-corrected chi connectivity index (χ3v) is 4.96. The van der Waals surface area contributed by atoms with Crippen LogP contribution in [-0.2, 0) is 17.9 Å². The van der Waals surface area contributed by atoms with Crippen molar-refractivity contribution in [1.82, 2.24) is 14.9 Å². The van der Waals surface area contributed by atoms with Gasteiger partial charge in [-0.25, -0.2) is 4.79 Å². The number of hydrogen-bond acceptors (Lipinski definition) is 4. The fourth-order valence-electron chi connectivity index (χ4n) is 3.39. The van der Waals surface area contributed by atoms with Crippen molar-refractivity contribution in [2.24, 2.45) is 0 Å². The van der Waals surface area contributed by atoms with E-state index in [0.29, 0.717) is 17.9 Å². The predicted octanol–water partition coefficient (Wildman–Crippen LogP) is 3.48. The molecular weight excluding hydrogens is 376 g/mol. The van der Waals surface area contributed by atoms with Crippen LogP contribution in [-0.4, -0.2) is 22.5 Å². The van der Waals surface area contributed by atoms with Crippen LogP contribution in [0.4, 0.5) is 11.5 Å². The lowest BCUT2D eigenvalue weighted by Gasteiger charge is -2.21. The predicted molar refractivity (Wildman–Crippen MR) is 119 cm³/mol. The minimum atomic E-state index is -0.457. The highest BCUT2D eigenvalue weighted by Crippen LogP contribution is 2.27. The second kappa shape index (κ2) is 8.61. The Kier molecular flexibility index (Phi) is 5.57. The number of fused-ring (bicyclic) bond motifs is 1. The van der Waals surface area contributed by atoms with Gasteiger partial charge < -0.3 is 10.2 Å². The first-order valence-electron chi connectivity index (χ1n) is 9.72. The van der Waals surface area contributed by atoms with Crippen LogP contribution in [0.1, 0.15) is 5.56 Å². The molecule has 4 rings (SSSR count). The maximum atomic E-state index is 12.8. The van der Waals surface area contributed by atoms with E-state index < -0.39 is 5.69 Å². The van der Waals surface area contributed by atoms with E-state index >= 15 is 0 Å². The first-order valence-corrected chi connectivity index (χ1v) is 9.72. The van der Waals surface area contributed by atoms with Crippen molar-refractivity contribution in [2.75, 3.05) is 11.9 Å². The van der Waals surface area contributed by atoms with Gasteiger partial charge in [-0.2, -0.15) is 4.98 Å². The summed E-state index contributed by atoms with van der Waals surface area (Å²) in [6, 6.07) is 26.9. The van der Waals surface area contributed by atoms with Gasteiger partial charge in [-0.15, -0.1) is 0 Å². The third kappa shape index (κ3) is 4.07. The minimum absolute atomic E-state index is 0.0888. The second-order valence-corrected chi connectivity index (χ2v) is 6.98. The summed E-state index contributed by atoms with van der Waals surface area (Å²) in [5.74, 6) is 0.319. The zero-order valence-electron chi connectivity index (χ0n) is 16.7. The monoisotopic (exact) mass is 398 g/mol. The van der Waals surface area contributed by atoms with Crippen LogP contribution >= 0.6 is 0 Å². The highest BCUT2D eigenvalue weighted by molar-refractivity contribution is 5.92. The largest absolute Gasteiger partial charge is 0.350 e. The molecule has 3 aromatic carbocycles. The molecule has 0 aliphatic rings. The average molecular weight is 398 g/mol. The zero-order chi connectivity index (χ0) is 20.9. The van der Waals surface area contributed by atoms with Crippen LogP contribution in [0.25, 0.3) is 10.9 Å². The molecule has 1 N–H and O–H groups in total. The molecule has 0 bridgehead atoms. The standard InChI is InChI=1S/C24H22N4O2/c1-27(19-12-6-3-7-13-19)23-20-14-8-9-15-21(20)28(24(30)26-23)17-22(29)25-16-18-10-4-2-5-11-18/h2-15H,16-17H2,1H3,(H,25,29). The Labute approximate surface area is 174 Å². The molecule has 1 heterocycles. The normalized spacial score (nSPS) is 10.7. The maximum absolute atomic E-state index is 12.8. The number of para-hydroxylation sites is 2. The molecule has 0 atom stereocenters. The molecule has 0 saturated heterocycles. The lowest BCUT2D eigenvalue weighted by molar-refractivity contribution is -0.121. The molecule has 0 fully saturated rings. The lowest BCUT2D eigenvalue weighted by Crippen LogP contribution is -2.34. The summed E-state index contributed by atoms with van der Waals surface area (Å²) >= 11 is 0. The Morgan fingerprint density at radius 2 is 1.57 bits per heavy atom. The van der Waals surface area contributed by atoms with E-state index in [2.05, 4.69) is 10.3 Å². The Balaban J connectivity index is 1.64. The van der Waals surface area contributed by atoms with Crippen LogP contribution in [0.3, 0.4) is 0 Å². The molecule has 4 aromatic rings. The fraction of sp³-hybridized carbons (Fsp3) is 0.125. The molecule has 0 unspecified atom stereocenters. The Hall–Kier alpha value is -3.93. The van der Waals surface area contributed by atoms with E-state index in [-0.39, 0.29) is 12.5 Å². The van der Waals surface area contributed by atoms with E-state index in [1.54, 1.807) is 0 Å². The summed E-state index contributed by atoms with van der Waals surface area (Å²) < 4.78 is 1.41. The molecule has 6 heteroatoms. The molecule has 0 radical (unpaired) electrons. The van der Waals surface area contributed by atoms with E-state index in [4.69, 9.17) is 0 Å². The van der Waals surface area contributed by atoms with E-state index in [1.165, 1.54) is 4.57 Å². The van der Waals surface area contributed by atoms with Crippen molar-refractivity contribution in [3.8, 4) is 0 Å². The van der Waals surface area contributed by atoms with Crippen molar-refractivity contribution < 1.29 is 4.79 Å². The van der Waals surface area contributed by atoms with Crippen molar-refractivity contribution in [3.05, 3.63) is 101 Å². The number of hydrogen-bond donors (Lipinski definition) is 1. The van der Waals surface area contributed by atoms with Crippen molar-refractivity contribution >= 4 is 28.3 Å². The van der Waals surface area contributed by atoms with Crippen LogP contribution in [0.15, 0.2) is 89.7 Å². The molecule has 0 aliphatic heterocycles. The van der Waals surface area contributed by atoms with Crippen molar-refractivity contribution in [2.45, 2.75) is 13.1 Å². The van der Waals surface area contributed by atoms with E-state index in [0.717, 1.165) is 16.6 Å². The van der Waals surface area contributed by atoms with Gasteiger partial charge in [0.25, 0.3) is 0 Å². The molecule has 0 aliphatic carbocycles. The number of carbonyl (C=O) groups excluding carboxylic acids is 1. The Morgan fingerprint density at radius 1 is 0.933 bits per heavy atom. The van der Waals surface area contributed by atoms with Crippen LogP contribution < -0.4 is 15.9 Å². The topological polar surface area (TPSA) is 67.2 Å². The molecule has 0 spiro atoms. The van der Waals surface area contributed by atoms with Gasteiger partial charge in [-0.1, -0.05) is 60.7 Å². The summed E-state index contributed by atoms with van der Waals surface area (Å²) in [6.45, 7) is 0.323. The number of amides is 1. The summed E-state index contributed by atoms with van der Waals surface area (Å²) in [7, 11) is 1.88. The molecule has 1 aromatic heterocycles. The second-order valence-electron chi connectivity index (χ2n) is 6.98. The number of anilines is 2. The lowest BCUT2D eigenvalue weighted by atomic mass is 10.2. The number of benzene rings is 3. The van der Waals surface area contributed by atoms with Gasteiger partial charge in [0.15, 0.2) is 0 Å². The number of nitrogens with zero attached hydrogens (tertiary/aromatic N) is 3. The van der Waals surface area contributed by atoms with Crippen molar-refractivity contribution in [3.63, 3.8) is 0 Å². The highest BCUT2D eigenvalue weighted by atomic mass is 16.2. The van der Waals surface area contributed by atoms with Crippen LogP contribution in [0, 0.1) is 0 Å². The average Bonchev–Trinajstić information content (AvgIpc) is 2.80. The van der Waals surface area contributed by atoms with Gasteiger partial charge >= 0.3 is 5.69 Å². The minimum Gasteiger partial charge on any atom is -0.350 e. The summed E-state index contributed by atoms with van der Waals surface area (Å²) in [4.78, 5) is 31.5. The number of nitrogens with one attached hydrogen (secondary N) is 1. The molecule has 0 saturated carbocycles. The summed E-state index contributed by atoms with van der Waals surface area (Å²) in [5, 5.41) is 3.67. The van der Waals surface area contributed by atoms with Gasteiger partial charge in [0.2, 0.25) is 5.91 Å². The fourth-order valence-corrected chi connectivity index (χ4v) is 3.39. The highest BCUT2D eigenvalue weighted by Gasteiger charge is 2.16. The first kappa shape index (κ1) is 19.4. The third-order valence-electron chi connectivity index (χ3n) is 4.96. The van der Waals surface area contributed by atoms with Gasteiger partial charge in [0, 0.05) is 24.7 Å². The molecule has 1 amide bonds. The number of rotatable bonds is 6. The molecule has 30 heavy (non-hydrogen) atoms. The number of carbonyl (C=O) groups is 1. The van der Waals surface area contributed by atoms with Crippen molar-refractivity contribution in [1.29, 1.82) is 0 Å². The molecule has 150 valence electrons. The zero-order valence-corrected chi connectivity index (χ0v) is 16.7. The Morgan fingerprint density at radius 3 is 2.30 bits per heavy atom. The van der Waals surface area contributed by atoms with Crippen LogP contribution in [0.5, 0.6) is 0 Å². The van der Waals surface area contributed by atoms with Gasteiger partial charge in [0.05, 0.1) is 5.52 Å². The Bertz CT molecular complexity index is 1220. The quantitative estimate of drug-likeness (QED) is 0.540. The summed E-state index contributed by atoms with van der Waals surface area (Å²) in [6.07, 6.45) is 0. The SMILES string of the molecule is CN(c1ccccc1)c1nc(=O)n(CC(=O)NCc2ccccc2)c2ccccc12. The van der Waals surface area contributed by atoms with Gasteiger partial charge in [-0.3, -0.25) is 9.36 Å². The van der Waals surface area contributed by atoms with E-state index in [1.807, 2.05) is 96.9 Å². The van der Waals surface area contributed by atoms with Gasteiger partial charge in [-0.05, 0) is 29.8 Å². The maximum Gasteiger partial charge on any atom is 0.350 e. The molecule has 6 nitrogen and oxygen atoms in total.